The van der Waals surface area contributed by atoms with E-state index in [2.05, 4.69) is 77.9 Å². The van der Waals surface area contributed by atoms with Crippen LogP contribution in [0.4, 0.5) is 13.2 Å². The van der Waals surface area contributed by atoms with Gasteiger partial charge in [-0.1, -0.05) is 60.7 Å². The van der Waals surface area contributed by atoms with E-state index < -0.39 is 22.0 Å². The third-order valence-electron chi connectivity index (χ3n) is 6.36. The Bertz CT molecular complexity index is 1820. The highest BCUT2D eigenvalue weighted by atomic mass is 32.2. The fourth-order valence-electron chi connectivity index (χ4n) is 4.22. The lowest BCUT2D eigenvalue weighted by Gasteiger charge is -2.09. The van der Waals surface area contributed by atoms with E-state index in [1.54, 1.807) is 12.1 Å². The van der Waals surface area contributed by atoms with Crippen LogP contribution in [0.5, 0.6) is 0 Å². The zero-order valence-electron chi connectivity index (χ0n) is 22.7. The average molecular weight is 596 g/mol. The third-order valence-corrected chi connectivity index (χ3v) is 7.49. The van der Waals surface area contributed by atoms with E-state index in [1.165, 1.54) is 11.8 Å². The van der Waals surface area contributed by atoms with E-state index in [4.69, 9.17) is 14.9 Å². The van der Waals surface area contributed by atoms with Crippen molar-refractivity contribution in [3.8, 4) is 22.5 Å². The maximum absolute atomic E-state index is 11.6. The molecule has 0 spiro atoms. The van der Waals surface area contributed by atoms with Crippen LogP contribution >= 0.6 is 0 Å². The second kappa shape index (κ2) is 12.6. The van der Waals surface area contributed by atoms with Gasteiger partial charge in [0, 0.05) is 24.9 Å². The van der Waals surface area contributed by atoms with Gasteiger partial charge in [-0.2, -0.15) is 13.2 Å². The number of halogens is 3. The van der Waals surface area contributed by atoms with Gasteiger partial charge in [-0.25, -0.2) is 18.2 Å². The van der Waals surface area contributed by atoms with E-state index in [9.17, 15) is 21.6 Å². The lowest BCUT2D eigenvalue weighted by Crippen LogP contribution is -2.21. The Balaban J connectivity index is 0.000000517. The highest BCUT2D eigenvalue weighted by Crippen LogP contribution is 2.28. The minimum atomic E-state index is -5.08. The van der Waals surface area contributed by atoms with Gasteiger partial charge in [0.2, 0.25) is 0 Å². The molecular weight excluding hydrogens is 567 g/mol. The molecule has 218 valence electrons. The number of fused-ring (bicyclic) bond motifs is 1. The number of carbonyl (C=O) groups is 1. The van der Waals surface area contributed by atoms with Crippen LogP contribution in [-0.4, -0.2) is 41.9 Å². The predicted molar refractivity (Wildman–Crippen MR) is 155 cm³/mol. The number of hydrogen-bond acceptors (Lipinski definition) is 5. The molecule has 5 aromatic rings. The standard InChI is InChI=1S/C29H27N3O2S.C2HF3O2/c1-20-6-3-11-27-28(20)32-29(31-27)25-10-5-9-24(17-25)23-8-4-7-22(16-23)19-30-18-21-12-14-26(15-13-21)35(2,33)34;3-2(4,5)1(6)7/h3-17,30H,18-19H2,1-2H3,(H,31,32);(H,6,7). The lowest BCUT2D eigenvalue weighted by atomic mass is 10.0. The predicted octanol–water partition coefficient (Wildman–Crippen LogP) is 6.53. The van der Waals surface area contributed by atoms with Crippen molar-refractivity contribution in [3.05, 3.63) is 108 Å². The number of aliphatic carboxylic acids is 1. The number of carboxylic acid groups (broad SMARTS) is 1. The second-order valence-corrected chi connectivity index (χ2v) is 11.7. The molecule has 0 unspecified atom stereocenters. The Morgan fingerprint density at radius 1 is 0.857 bits per heavy atom. The molecule has 3 N–H and O–H groups in total. The first kappa shape index (κ1) is 30.5. The van der Waals surface area contributed by atoms with E-state index in [0.717, 1.165) is 44.7 Å². The monoisotopic (exact) mass is 595 g/mol. The number of imidazole rings is 1. The Hall–Kier alpha value is -4.48. The molecule has 1 aromatic heterocycles. The van der Waals surface area contributed by atoms with E-state index in [-0.39, 0.29) is 0 Å². The molecule has 42 heavy (non-hydrogen) atoms. The van der Waals surface area contributed by atoms with Crippen molar-refractivity contribution in [2.75, 3.05) is 6.26 Å². The van der Waals surface area contributed by atoms with Crippen LogP contribution in [0.2, 0.25) is 0 Å². The van der Waals surface area contributed by atoms with Gasteiger partial charge in [0.15, 0.2) is 9.84 Å². The van der Waals surface area contributed by atoms with Crippen molar-refractivity contribution in [3.63, 3.8) is 0 Å². The van der Waals surface area contributed by atoms with E-state index >= 15 is 0 Å². The molecule has 1 heterocycles. The first-order valence-electron chi connectivity index (χ1n) is 12.8. The molecule has 0 radical (unpaired) electrons. The summed E-state index contributed by atoms with van der Waals surface area (Å²) in [6.07, 6.45) is -3.86. The van der Waals surface area contributed by atoms with Crippen molar-refractivity contribution >= 4 is 26.8 Å². The Kier molecular flexibility index (Phi) is 9.13. The van der Waals surface area contributed by atoms with E-state index in [0.29, 0.717) is 18.0 Å². The summed E-state index contributed by atoms with van der Waals surface area (Å²) in [4.78, 5) is 17.5. The number of rotatable bonds is 7. The summed E-state index contributed by atoms with van der Waals surface area (Å²) < 4.78 is 55.0. The average Bonchev–Trinajstić information content (AvgIpc) is 3.39. The maximum atomic E-state index is 11.6. The van der Waals surface area contributed by atoms with Crippen molar-refractivity contribution < 1.29 is 31.5 Å². The smallest absolute Gasteiger partial charge is 0.475 e. The largest absolute Gasteiger partial charge is 0.490 e. The number of aryl methyl sites for hydroxylation is 1. The molecule has 0 saturated carbocycles. The number of aromatic amines is 1. The molecule has 0 amide bonds. The van der Waals surface area contributed by atoms with Gasteiger partial charge in [-0.15, -0.1) is 0 Å². The minimum absolute atomic E-state index is 0.342. The van der Waals surface area contributed by atoms with Gasteiger partial charge in [-0.05, 0) is 65.1 Å². The van der Waals surface area contributed by atoms with Crippen LogP contribution < -0.4 is 5.32 Å². The van der Waals surface area contributed by atoms with Crippen LogP contribution in [0.25, 0.3) is 33.5 Å². The molecule has 7 nitrogen and oxygen atoms in total. The highest BCUT2D eigenvalue weighted by Gasteiger charge is 2.38. The Morgan fingerprint density at radius 2 is 1.43 bits per heavy atom. The molecule has 0 aliphatic rings. The molecule has 0 aliphatic carbocycles. The lowest BCUT2D eigenvalue weighted by molar-refractivity contribution is -0.192. The van der Waals surface area contributed by atoms with Gasteiger partial charge >= 0.3 is 12.1 Å². The fourth-order valence-corrected chi connectivity index (χ4v) is 4.86. The van der Waals surface area contributed by atoms with Crippen LogP contribution in [0.1, 0.15) is 16.7 Å². The number of hydrogen-bond donors (Lipinski definition) is 3. The molecule has 0 atom stereocenters. The van der Waals surface area contributed by atoms with E-state index in [1.807, 2.05) is 18.2 Å². The second-order valence-electron chi connectivity index (χ2n) is 9.66. The highest BCUT2D eigenvalue weighted by molar-refractivity contribution is 7.90. The number of aromatic nitrogens is 2. The summed E-state index contributed by atoms with van der Waals surface area (Å²) in [5.74, 6) is -1.89. The number of para-hydroxylation sites is 1. The number of benzene rings is 4. The zero-order valence-corrected chi connectivity index (χ0v) is 23.6. The van der Waals surface area contributed by atoms with Gasteiger partial charge < -0.3 is 15.4 Å². The van der Waals surface area contributed by atoms with Gasteiger partial charge in [0.05, 0.1) is 15.9 Å². The molecule has 4 aromatic carbocycles. The van der Waals surface area contributed by atoms with Gasteiger partial charge in [0.1, 0.15) is 5.82 Å². The molecule has 5 rings (SSSR count). The number of nitrogens with zero attached hydrogens (tertiary/aromatic N) is 1. The number of alkyl halides is 3. The topological polar surface area (TPSA) is 112 Å². The first-order chi connectivity index (χ1) is 19.8. The summed E-state index contributed by atoms with van der Waals surface area (Å²) in [5, 5.41) is 10.6. The number of carboxylic acids is 1. The SMILES string of the molecule is Cc1cccc2[nH]c(-c3cccc(-c4cccc(CNCc5ccc(S(C)(=O)=O)cc5)c4)c3)nc12.O=C(O)C(F)(F)F. The molecule has 11 heteroatoms. The van der Waals surface area contributed by atoms with Crippen LogP contribution in [0, 0.1) is 6.92 Å². The number of H-pyrrole nitrogens is 1. The number of nitrogens with one attached hydrogen (secondary N) is 2. The Morgan fingerprint density at radius 3 is 2.05 bits per heavy atom. The van der Waals surface area contributed by atoms with Crippen molar-refractivity contribution in [2.45, 2.75) is 31.1 Å². The van der Waals surface area contributed by atoms with Crippen LogP contribution in [-0.2, 0) is 27.7 Å². The molecule has 0 saturated heterocycles. The summed E-state index contributed by atoms with van der Waals surface area (Å²) in [6, 6.07) is 30.1. The normalized spacial score (nSPS) is 11.6. The number of sulfone groups is 1. The summed E-state index contributed by atoms with van der Waals surface area (Å²) in [7, 11) is -3.17. The third kappa shape index (κ3) is 7.83. The molecule has 0 fully saturated rings. The first-order valence-corrected chi connectivity index (χ1v) is 14.7. The van der Waals surface area contributed by atoms with Gasteiger partial charge in [-0.3, -0.25) is 0 Å². The van der Waals surface area contributed by atoms with Crippen molar-refractivity contribution in [1.82, 2.24) is 15.3 Å². The fraction of sp³-hybridized carbons (Fsp3) is 0.161. The quantitative estimate of drug-likeness (QED) is 0.197. The van der Waals surface area contributed by atoms with Gasteiger partial charge in [0.25, 0.3) is 0 Å². The minimum Gasteiger partial charge on any atom is -0.475 e. The summed E-state index contributed by atoms with van der Waals surface area (Å²) in [5.41, 5.74) is 8.78. The summed E-state index contributed by atoms with van der Waals surface area (Å²) >= 11 is 0. The molecular formula is C31H28F3N3O4S. The maximum Gasteiger partial charge on any atom is 0.490 e. The van der Waals surface area contributed by atoms with Crippen LogP contribution in [0.15, 0.2) is 95.9 Å². The zero-order chi connectivity index (χ0) is 30.5. The van der Waals surface area contributed by atoms with Crippen molar-refractivity contribution in [1.29, 1.82) is 0 Å². The molecule has 0 bridgehead atoms. The summed E-state index contributed by atoms with van der Waals surface area (Å²) in [6.45, 7) is 3.45. The molecule has 0 aliphatic heterocycles. The van der Waals surface area contributed by atoms with Crippen molar-refractivity contribution in [2.24, 2.45) is 0 Å². The van der Waals surface area contributed by atoms with Crippen LogP contribution in [0.3, 0.4) is 0 Å². The Labute approximate surface area is 241 Å².